The number of sulfonamides is 1. The van der Waals surface area contributed by atoms with E-state index in [1.807, 2.05) is 24.3 Å². The summed E-state index contributed by atoms with van der Waals surface area (Å²) in [6, 6.07) is 8.75. The number of nitrogens with one attached hydrogen (secondary N) is 1. The number of fused-ring (bicyclic) bond motifs is 3. The molecule has 0 aliphatic carbocycles. The minimum absolute atomic E-state index is 0.122. The molecule has 4 nitrogen and oxygen atoms in total. The molecule has 2 aromatic carbocycles. The number of H-pyrrole nitrogens is 1. The lowest BCUT2D eigenvalue weighted by molar-refractivity contribution is -0.140. The van der Waals surface area contributed by atoms with Crippen LogP contribution in [0.3, 0.4) is 0 Å². The molecule has 0 spiro atoms. The van der Waals surface area contributed by atoms with Crippen LogP contribution in [0.2, 0.25) is 0 Å². The zero-order chi connectivity index (χ0) is 20.3. The molecule has 9 heteroatoms. The number of aromatic amines is 1. The highest BCUT2D eigenvalue weighted by atomic mass is 32.2. The summed E-state index contributed by atoms with van der Waals surface area (Å²) in [6.45, 7) is 1.80. The van der Waals surface area contributed by atoms with Crippen molar-refractivity contribution in [2.45, 2.75) is 30.5 Å². The van der Waals surface area contributed by atoms with Crippen LogP contribution in [0, 0.1) is 5.82 Å². The molecule has 1 unspecified atom stereocenters. The van der Waals surface area contributed by atoms with Crippen molar-refractivity contribution in [1.29, 1.82) is 0 Å². The maximum atomic E-state index is 13.6. The second kappa shape index (κ2) is 6.31. The predicted molar refractivity (Wildman–Crippen MR) is 95.7 cm³/mol. The largest absolute Gasteiger partial charge is 0.419 e. The molecule has 0 radical (unpaired) electrons. The van der Waals surface area contributed by atoms with E-state index in [9.17, 15) is 26.0 Å². The molecule has 0 saturated carbocycles. The zero-order valence-electron chi connectivity index (χ0n) is 14.7. The molecule has 4 rings (SSSR count). The smallest absolute Gasteiger partial charge is 0.357 e. The Morgan fingerprint density at radius 2 is 1.86 bits per heavy atom. The van der Waals surface area contributed by atoms with Gasteiger partial charge in [-0.2, -0.15) is 17.5 Å². The van der Waals surface area contributed by atoms with E-state index < -0.39 is 38.5 Å². The third-order valence-electron chi connectivity index (χ3n) is 5.13. The van der Waals surface area contributed by atoms with Gasteiger partial charge in [-0.25, -0.2) is 12.8 Å². The quantitative estimate of drug-likeness (QED) is 0.624. The number of halogens is 4. The Bertz CT molecular complexity index is 1170. The normalized spacial score (nSPS) is 18.4. The third-order valence-corrected chi connectivity index (χ3v) is 7.09. The van der Waals surface area contributed by atoms with Gasteiger partial charge < -0.3 is 4.98 Å². The summed E-state index contributed by atoms with van der Waals surface area (Å²) in [4.78, 5) is 2.64. The Kier molecular flexibility index (Phi) is 4.27. The molecule has 28 heavy (non-hydrogen) atoms. The SMILES string of the molecule is CC1c2[nH]c3ccccc3c2CCN1S(=O)(=O)c1ccc(F)c(C(F)(F)F)c1. The molecule has 0 fully saturated rings. The van der Waals surface area contributed by atoms with Gasteiger partial charge in [-0.1, -0.05) is 18.2 Å². The van der Waals surface area contributed by atoms with Crippen molar-refractivity contribution in [1.82, 2.24) is 9.29 Å². The number of rotatable bonds is 2. The van der Waals surface area contributed by atoms with Gasteiger partial charge in [0.2, 0.25) is 10.0 Å². The minimum Gasteiger partial charge on any atom is -0.357 e. The zero-order valence-corrected chi connectivity index (χ0v) is 15.5. The van der Waals surface area contributed by atoms with Gasteiger partial charge in [0.1, 0.15) is 5.82 Å². The Morgan fingerprint density at radius 3 is 2.57 bits per heavy atom. The van der Waals surface area contributed by atoms with Crippen molar-refractivity contribution in [3.05, 3.63) is 65.1 Å². The maximum absolute atomic E-state index is 13.6. The van der Waals surface area contributed by atoms with Crippen LogP contribution >= 0.6 is 0 Å². The summed E-state index contributed by atoms with van der Waals surface area (Å²) in [5.41, 5.74) is 1.00. The fourth-order valence-corrected chi connectivity index (χ4v) is 5.38. The average molecular weight is 412 g/mol. The molecule has 3 aromatic rings. The monoisotopic (exact) mass is 412 g/mol. The Balaban J connectivity index is 1.77. The lowest BCUT2D eigenvalue weighted by atomic mass is 10.0. The van der Waals surface area contributed by atoms with E-state index in [4.69, 9.17) is 0 Å². The molecule has 1 aliphatic rings. The molecule has 2 heterocycles. The second-order valence-electron chi connectivity index (χ2n) is 6.74. The van der Waals surface area contributed by atoms with Crippen molar-refractivity contribution in [2.75, 3.05) is 6.54 Å². The molecule has 0 saturated heterocycles. The average Bonchev–Trinajstić information content (AvgIpc) is 3.01. The standard InChI is InChI=1S/C19H16F4N2O2S/c1-11-18-14(13-4-2-3-5-17(13)24-18)8-9-25(11)28(26,27)12-6-7-16(20)15(10-12)19(21,22)23/h2-7,10-11,24H,8-9H2,1H3. The van der Waals surface area contributed by atoms with Gasteiger partial charge in [0.25, 0.3) is 0 Å². The number of nitrogens with zero attached hydrogens (tertiary/aromatic N) is 1. The molecular weight excluding hydrogens is 396 g/mol. The third kappa shape index (κ3) is 2.89. The fraction of sp³-hybridized carbons (Fsp3) is 0.263. The summed E-state index contributed by atoms with van der Waals surface area (Å²) in [6.07, 6.45) is -4.55. The van der Waals surface area contributed by atoms with Gasteiger partial charge in [0.05, 0.1) is 16.5 Å². The first-order valence-electron chi connectivity index (χ1n) is 8.59. The van der Waals surface area contributed by atoms with Gasteiger partial charge in [0, 0.05) is 23.1 Å². The highest BCUT2D eigenvalue weighted by molar-refractivity contribution is 7.89. The van der Waals surface area contributed by atoms with Gasteiger partial charge in [-0.3, -0.25) is 0 Å². The summed E-state index contributed by atoms with van der Waals surface area (Å²) in [7, 11) is -4.24. The first-order valence-corrected chi connectivity index (χ1v) is 10.0. The van der Waals surface area contributed by atoms with Crippen LogP contribution < -0.4 is 0 Å². The van der Waals surface area contributed by atoms with Crippen LogP contribution in [-0.4, -0.2) is 24.3 Å². The van der Waals surface area contributed by atoms with Crippen LogP contribution in [0.25, 0.3) is 10.9 Å². The summed E-state index contributed by atoms with van der Waals surface area (Å²) >= 11 is 0. The Morgan fingerprint density at radius 1 is 1.14 bits per heavy atom. The van der Waals surface area contributed by atoms with Crippen LogP contribution in [0.5, 0.6) is 0 Å². The summed E-state index contributed by atoms with van der Waals surface area (Å²) in [5.74, 6) is -1.50. The number of hydrogen-bond acceptors (Lipinski definition) is 2. The Labute approximate surface area is 158 Å². The summed E-state index contributed by atoms with van der Waals surface area (Å²) < 4.78 is 79.8. The molecule has 1 aromatic heterocycles. The molecule has 1 N–H and O–H groups in total. The molecule has 0 amide bonds. The van der Waals surface area contributed by atoms with Crippen LogP contribution in [0.1, 0.15) is 29.8 Å². The van der Waals surface area contributed by atoms with E-state index >= 15 is 0 Å². The lowest BCUT2D eigenvalue weighted by Gasteiger charge is -2.32. The van der Waals surface area contributed by atoms with Crippen LogP contribution in [-0.2, 0) is 22.6 Å². The van der Waals surface area contributed by atoms with E-state index in [1.165, 1.54) is 0 Å². The van der Waals surface area contributed by atoms with Crippen molar-refractivity contribution in [3.8, 4) is 0 Å². The van der Waals surface area contributed by atoms with Gasteiger partial charge >= 0.3 is 6.18 Å². The van der Waals surface area contributed by atoms with E-state index in [1.54, 1.807) is 6.92 Å². The van der Waals surface area contributed by atoms with Gasteiger partial charge in [-0.15, -0.1) is 0 Å². The van der Waals surface area contributed by atoms with Crippen molar-refractivity contribution in [3.63, 3.8) is 0 Å². The summed E-state index contributed by atoms with van der Waals surface area (Å²) in [5, 5.41) is 1.00. The highest BCUT2D eigenvalue weighted by Crippen LogP contribution is 2.38. The fourth-order valence-electron chi connectivity index (χ4n) is 3.75. The number of para-hydroxylation sites is 1. The first-order chi connectivity index (χ1) is 13.1. The molecule has 1 aliphatic heterocycles. The molecule has 1 atom stereocenters. The minimum atomic E-state index is -4.98. The number of alkyl halides is 3. The lowest BCUT2D eigenvalue weighted by Crippen LogP contribution is -2.38. The van der Waals surface area contributed by atoms with E-state index in [2.05, 4.69) is 4.98 Å². The van der Waals surface area contributed by atoms with Crippen molar-refractivity contribution >= 4 is 20.9 Å². The van der Waals surface area contributed by atoms with Gasteiger partial charge in [0.15, 0.2) is 0 Å². The van der Waals surface area contributed by atoms with Crippen molar-refractivity contribution < 1.29 is 26.0 Å². The predicted octanol–water partition coefficient (Wildman–Crippen LogP) is 4.63. The number of hydrogen-bond donors (Lipinski definition) is 1. The van der Waals surface area contributed by atoms with E-state index in [-0.39, 0.29) is 6.54 Å². The molecule has 148 valence electrons. The van der Waals surface area contributed by atoms with E-state index in [0.717, 1.165) is 26.8 Å². The maximum Gasteiger partial charge on any atom is 0.419 e. The number of benzene rings is 2. The highest BCUT2D eigenvalue weighted by Gasteiger charge is 2.39. The molecular formula is C19H16F4N2O2S. The van der Waals surface area contributed by atoms with Gasteiger partial charge in [-0.05, 0) is 43.2 Å². The van der Waals surface area contributed by atoms with E-state index in [0.29, 0.717) is 24.2 Å². The molecule has 0 bridgehead atoms. The second-order valence-corrected chi connectivity index (χ2v) is 8.63. The van der Waals surface area contributed by atoms with Crippen LogP contribution in [0.4, 0.5) is 17.6 Å². The van der Waals surface area contributed by atoms with Crippen LogP contribution in [0.15, 0.2) is 47.4 Å². The first kappa shape index (κ1) is 18.9. The van der Waals surface area contributed by atoms with Crippen molar-refractivity contribution in [2.24, 2.45) is 0 Å². The topological polar surface area (TPSA) is 53.2 Å². The Hall–Kier alpha value is -2.39. The number of aromatic nitrogens is 1.